The molecule has 14 heavy (non-hydrogen) atoms. The molecular formula is C10H13NO3. The molecule has 0 saturated heterocycles. The SMILES string of the molecule is NC(Cc1ccc(CO)cc1)C(=O)O. The Kier molecular flexibility index (Phi) is 3.62. The van der Waals surface area contributed by atoms with Crippen LogP contribution < -0.4 is 5.73 Å². The lowest BCUT2D eigenvalue weighted by Gasteiger charge is -2.06. The van der Waals surface area contributed by atoms with Gasteiger partial charge in [-0.05, 0) is 17.5 Å². The van der Waals surface area contributed by atoms with Gasteiger partial charge in [-0.1, -0.05) is 24.3 Å². The Morgan fingerprint density at radius 3 is 2.21 bits per heavy atom. The number of hydrogen-bond donors (Lipinski definition) is 3. The van der Waals surface area contributed by atoms with Gasteiger partial charge in [0.25, 0.3) is 0 Å². The van der Waals surface area contributed by atoms with Gasteiger partial charge in [-0.25, -0.2) is 0 Å². The van der Waals surface area contributed by atoms with Crippen LogP contribution in [0.4, 0.5) is 0 Å². The zero-order valence-corrected chi connectivity index (χ0v) is 7.68. The largest absolute Gasteiger partial charge is 0.480 e. The Morgan fingerprint density at radius 1 is 1.29 bits per heavy atom. The maximum absolute atomic E-state index is 10.5. The molecule has 0 spiro atoms. The topological polar surface area (TPSA) is 83.5 Å². The molecule has 0 fully saturated rings. The van der Waals surface area contributed by atoms with Crippen molar-refractivity contribution >= 4 is 5.97 Å². The van der Waals surface area contributed by atoms with Crippen LogP contribution in [0.25, 0.3) is 0 Å². The van der Waals surface area contributed by atoms with Crippen molar-refractivity contribution in [3.05, 3.63) is 35.4 Å². The van der Waals surface area contributed by atoms with Crippen LogP contribution in [0.1, 0.15) is 11.1 Å². The molecule has 0 radical (unpaired) electrons. The van der Waals surface area contributed by atoms with E-state index in [2.05, 4.69) is 0 Å². The Morgan fingerprint density at radius 2 is 1.79 bits per heavy atom. The summed E-state index contributed by atoms with van der Waals surface area (Å²) >= 11 is 0. The Balaban J connectivity index is 2.64. The first-order valence-electron chi connectivity index (χ1n) is 4.30. The molecule has 1 unspecified atom stereocenters. The summed E-state index contributed by atoms with van der Waals surface area (Å²) in [6.07, 6.45) is 0.307. The summed E-state index contributed by atoms with van der Waals surface area (Å²) in [7, 11) is 0. The van der Waals surface area contributed by atoms with Crippen LogP contribution >= 0.6 is 0 Å². The van der Waals surface area contributed by atoms with Gasteiger partial charge in [0.15, 0.2) is 0 Å². The second-order valence-electron chi connectivity index (χ2n) is 3.12. The van der Waals surface area contributed by atoms with E-state index in [1.54, 1.807) is 24.3 Å². The summed E-state index contributed by atoms with van der Waals surface area (Å²) in [6, 6.07) is 6.19. The normalized spacial score (nSPS) is 12.4. The molecule has 4 N–H and O–H groups in total. The lowest BCUT2D eigenvalue weighted by atomic mass is 10.1. The number of rotatable bonds is 4. The minimum atomic E-state index is -1.00. The zero-order valence-electron chi connectivity index (χ0n) is 7.68. The van der Waals surface area contributed by atoms with Crippen LogP contribution in [0.3, 0.4) is 0 Å². The van der Waals surface area contributed by atoms with E-state index in [-0.39, 0.29) is 6.61 Å². The number of carboxylic acid groups (broad SMARTS) is 1. The summed E-state index contributed by atoms with van der Waals surface area (Å²) < 4.78 is 0. The number of carbonyl (C=O) groups is 1. The van der Waals surface area contributed by atoms with Crippen molar-refractivity contribution in [1.82, 2.24) is 0 Å². The first-order chi connectivity index (χ1) is 6.63. The van der Waals surface area contributed by atoms with Crippen LogP contribution in [0.15, 0.2) is 24.3 Å². The molecule has 0 amide bonds. The van der Waals surface area contributed by atoms with Crippen molar-refractivity contribution in [2.24, 2.45) is 5.73 Å². The van der Waals surface area contributed by atoms with E-state index in [4.69, 9.17) is 15.9 Å². The van der Waals surface area contributed by atoms with Crippen molar-refractivity contribution < 1.29 is 15.0 Å². The first kappa shape index (κ1) is 10.7. The maximum Gasteiger partial charge on any atom is 0.320 e. The van der Waals surface area contributed by atoms with E-state index in [0.717, 1.165) is 11.1 Å². The summed E-state index contributed by atoms with van der Waals surface area (Å²) in [5.74, 6) is -1.00. The van der Waals surface area contributed by atoms with Gasteiger partial charge < -0.3 is 15.9 Å². The van der Waals surface area contributed by atoms with Gasteiger partial charge in [0.1, 0.15) is 6.04 Å². The number of aliphatic hydroxyl groups is 1. The zero-order chi connectivity index (χ0) is 10.6. The fourth-order valence-corrected chi connectivity index (χ4v) is 1.12. The third-order valence-electron chi connectivity index (χ3n) is 1.98. The summed E-state index contributed by atoms with van der Waals surface area (Å²) in [6.45, 7) is -0.00867. The molecule has 76 valence electrons. The van der Waals surface area contributed by atoms with E-state index in [1.807, 2.05) is 0 Å². The van der Waals surface area contributed by atoms with Crippen molar-refractivity contribution in [3.63, 3.8) is 0 Å². The molecule has 4 heteroatoms. The Labute approximate surface area is 82.0 Å². The number of carboxylic acids is 1. The van der Waals surface area contributed by atoms with Gasteiger partial charge in [0, 0.05) is 0 Å². The van der Waals surface area contributed by atoms with Crippen molar-refractivity contribution in [3.8, 4) is 0 Å². The fraction of sp³-hybridized carbons (Fsp3) is 0.300. The molecule has 0 saturated carbocycles. The molecule has 1 atom stereocenters. The predicted octanol–water partition coefficient (Wildman–Crippen LogP) is 0.133. The summed E-state index contributed by atoms with van der Waals surface area (Å²) in [4.78, 5) is 10.5. The van der Waals surface area contributed by atoms with Gasteiger partial charge in [-0.15, -0.1) is 0 Å². The lowest BCUT2D eigenvalue weighted by Crippen LogP contribution is -2.32. The highest BCUT2D eigenvalue weighted by atomic mass is 16.4. The summed E-state index contributed by atoms with van der Waals surface area (Å²) in [5, 5.41) is 17.4. The second-order valence-corrected chi connectivity index (χ2v) is 3.12. The standard InChI is InChI=1S/C10H13NO3/c11-9(10(13)14)5-7-1-3-8(6-12)4-2-7/h1-4,9,12H,5-6,11H2,(H,13,14). The number of hydrogen-bond acceptors (Lipinski definition) is 3. The molecular weight excluding hydrogens is 182 g/mol. The molecule has 0 aromatic heterocycles. The predicted molar refractivity (Wildman–Crippen MR) is 51.7 cm³/mol. The van der Waals surface area contributed by atoms with Crippen LogP contribution in [0.2, 0.25) is 0 Å². The minimum absolute atomic E-state index is 0.00867. The highest BCUT2D eigenvalue weighted by Crippen LogP contribution is 2.06. The van der Waals surface area contributed by atoms with Gasteiger partial charge >= 0.3 is 5.97 Å². The lowest BCUT2D eigenvalue weighted by molar-refractivity contribution is -0.138. The van der Waals surface area contributed by atoms with Crippen LogP contribution in [0, 0.1) is 0 Å². The number of benzene rings is 1. The van der Waals surface area contributed by atoms with E-state index < -0.39 is 12.0 Å². The average Bonchev–Trinajstić information content (AvgIpc) is 2.19. The van der Waals surface area contributed by atoms with Crippen molar-refractivity contribution in [1.29, 1.82) is 0 Å². The first-order valence-corrected chi connectivity index (χ1v) is 4.30. The maximum atomic E-state index is 10.5. The molecule has 0 aliphatic heterocycles. The third kappa shape index (κ3) is 2.83. The van der Waals surface area contributed by atoms with E-state index in [1.165, 1.54) is 0 Å². The molecule has 0 aliphatic rings. The molecule has 1 aromatic rings. The van der Waals surface area contributed by atoms with Crippen molar-refractivity contribution in [2.75, 3.05) is 0 Å². The van der Waals surface area contributed by atoms with E-state index >= 15 is 0 Å². The van der Waals surface area contributed by atoms with Gasteiger partial charge in [-0.3, -0.25) is 4.79 Å². The molecule has 1 aromatic carbocycles. The quantitative estimate of drug-likeness (QED) is 0.637. The van der Waals surface area contributed by atoms with Crippen LogP contribution in [-0.4, -0.2) is 22.2 Å². The smallest absolute Gasteiger partial charge is 0.320 e. The third-order valence-corrected chi connectivity index (χ3v) is 1.98. The Bertz CT molecular complexity index is 308. The van der Waals surface area contributed by atoms with Gasteiger partial charge in [0.2, 0.25) is 0 Å². The monoisotopic (exact) mass is 195 g/mol. The fourth-order valence-electron chi connectivity index (χ4n) is 1.12. The van der Waals surface area contributed by atoms with Gasteiger partial charge in [-0.2, -0.15) is 0 Å². The second kappa shape index (κ2) is 4.74. The molecule has 0 heterocycles. The number of nitrogens with two attached hydrogens (primary N) is 1. The minimum Gasteiger partial charge on any atom is -0.480 e. The van der Waals surface area contributed by atoms with E-state index in [0.29, 0.717) is 6.42 Å². The number of aliphatic carboxylic acids is 1. The molecule has 0 bridgehead atoms. The van der Waals surface area contributed by atoms with Crippen LogP contribution in [0.5, 0.6) is 0 Å². The molecule has 1 rings (SSSR count). The molecule has 4 nitrogen and oxygen atoms in total. The summed E-state index contributed by atoms with van der Waals surface area (Å²) in [5.41, 5.74) is 7.03. The average molecular weight is 195 g/mol. The highest BCUT2D eigenvalue weighted by Gasteiger charge is 2.11. The molecule has 0 aliphatic carbocycles. The van der Waals surface area contributed by atoms with Crippen molar-refractivity contribution in [2.45, 2.75) is 19.1 Å². The highest BCUT2D eigenvalue weighted by molar-refractivity contribution is 5.73. The number of aliphatic hydroxyl groups excluding tert-OH is 1. The van der Waals surface area contributed by atoms with Gasteiger partial charge in [0.05, 0.1) is 6.61 Å². The Hall–Kier alpha value is -1.39. The van der Waals surface area contributed by atoms with Crippen LogP contribution in [-0.2, 0) is 17.8 Å². The van der Waals surface area contributed by atoms with E-state index in [9.17, 15) is 4.79 Å².